The highest BCUT2D eigenvalue weighted by molar-refractivity contribution is 7.72. The van der Waals surface area contributed by atoms with Crippen LogP contribution in [0.2, 0.25) is 0 Å². The van der Waals surface area contributed by atoms with Gasteiger partial charge in [-0.2, -0.15) is 0 Å². The van der Waals surface area contributed by atoms with Gasteiger partial charge in [0.2, 0.25) is 18.1 Å². The zero-order chi connectivity index (χ0) is 50.4. The summed E-state index contributed by atoms with van der Waals surface area (Å²) in [5.41, 5.74) is 1.04. The van der Waals surface area contributed by atoms with Crippen molar-refractivity contribution in [3.63, 3.8) is 0 Å². The van der Waals surface area contributed by atoms with Crippen LogP contribution in [-0.2, 0) is 47.9 Å². The van der Waals surface area contributed by atoms with E-state index in [9.17, 15) is 72.8 Å². The van der Waals surface area contributed by atoms with Crippen LogP contribution in [0.3, 0.4) is 0 Å². The van der Waals surface area contributed by atoms with E-state index in [-0.39, 0.29) is 91.9 Å². The number of anilines is 2. The smallest absolute Gasteiger partial charge is 0.373 e. The molecule has 2 heterocycles. The molecule has 1 aliphatic heterocycles. The molecule has 0 saturated heterocycles. The Morgan fingerprint density at radius 2 is 1.65 bits per heavy atom. The fourth-order valence-corrected chi connectivity index (χ4v) is 9.17. The van der Waals surface area contributed by atoms with Crippen molar-refractivity contribution in [3.8, 4) is 0 Å². The number of ether oxygens (including phenoxy) is 1. The lowest BCUT2D eigenvalue weighted by Gasteiger charge is -2.28. The summed E-state index contributed by atoms with van der Waals surface area (Å²) in [6.45, 7) is 4.49. The molecule has 374 valence electrons. The molecule has 4 rings (SSSR count). The van der Waals surface area contributed by atoms with Crippen LogP contribution in [0.25, 0.3) is 0 Å². The minimum Gasteiger partial charge on any atom is -0.478 e. The molecule has 12 N–H and O–H groups in total. The number of imidazole rings is 1. The number of rotatable bonds is 23. The molecule has 68 heavy (non-hydrogen) atoms. The Balaban J connectivity index is 1.36. The van der Waals surface area contributed by atoms with Gasteiger partial charge in [-0.05, 0) is 54.7 Å². The lowest BCUT2D eigenvalue weighted by Crippen LogP contribution is -2.55. The van der Waals surface area contributed by atoms with Gasteiger partial charge in [-0.3, -0.25) is 33.1 Å². The Morgan fingerprint density at radius 1 is 0.941 bits per heavy atom. The fourth-order valence-electron chi connectivity index (χ4n) is 7.12. The van der Waals surface area contributed by atoms with Crippen LogP contribution in [0.15, 0.2) is 55.1 Å². The van der Waals surface area contributed by atoms with Gasteiger partial charge in [0, 0.05) is 42.9 Å². The number of amides is 4. The highest BCUT2D eigenvalue weighted by atomic mass is 31.2. The molecule has 2 unspecified atom stereocenters. The van der Waals surface area contributed by atoms with Crippen LogP contribution in [-0.4, -0.2) is 118 Å². The second-order valence-corrected chi connectivity index (χ2v) is 20.7. The van der Waals surface area contributed by atoms with Gasteiger partial charge in [-0.1, -0.05) is 52.5 Å². The molecule has 0 saturated carbocycles. The minimum atomic E-state index is -5.68. The maximum absolute atomic E-state index is 14.1. The number of ketones is 1. The number of fused-ring (bicyclic) bond motifs is 2. The summed E-state index contributed by atoms with van der Waals surface area (Å²) in [6, 6.07) is 6.54. The average molecular weight is 995 g/mol. The van der Waals surface area contributed by atoms with E-state index in [2.05, 4.69) is 26.6 Å². The van der Waals surface area contributed by atoms with E-state index < -0.39 is 74.6 Å². The molecule has 2 aromatic carbocycles. The predicted molar refractivity (Wildman–Crippen MR) is 244 cm³/mol. The predicted octanol–water partition coefficient (Wildman–Crippen LogP) is 1.80. The van der Waals surface area contributed by atoms with Crippen molar-refractivity contribution in [3.05, 3.63) is 77.4 Å². The summed E-state index contributed by atoms with van der Waals surface area (Å²) >= 11 is 0. The lowest BCUT2D eigenvalue weighted by molar-refractivity contribution is -0.703. The molecule has 23 nitrogen and oxygen atoms in total. The van der Waals surface area contributed by atoms with Gasteiger partial charge in [-0.15, -0.1) is 0 Å². The number of hydrogen-bond acceptors (Lipinski definition) is 12. The summed E-state index contributed by atoms with van der Waals surface area (Å²) in [4.78, 5) is 117. The third-order valence-corrected chi connectivity index (χ3v) is 15.1. The van der Waals surface area contributed by atoms with Gasteiger partial charge in [0.05, 0.1) is 30.4 Å². The third kappa shape index (κ3) is 15.3. The topological polar surface area (TPSA) is 356 Å². The molecule has 0 fully saturated rings. The van der Waals surface area contributed by atoms with Crippen molar-refractivity contribution >= 4 is 61.9 Å². The number of nitrogens with zero attached hydrogens (tertiary/aromatic N) is 2. The molecule has 0 aliphatic carbocycles. The van der Waals surface area contributed by atoms with Gasteiger partial charge in [0.1, 0.15) is 43.4 Å². The number of aliphatic hydroxyl groups is 2. The number of hydrogen-bond donors (Lipinski definition) is 12. The van der Waals surface area contributed by atoms with E-state index in [4.69, 9.17) is 4.74 Å². The van der Waals surface area contributed by atoms with Gasteiger partial charge >= 0.3 is 26.2 Å². The third-order valence-electron chi connectivity index (χ3n) is 11.4. The Hall–Kier alpha value is -5.35. The zero-order valence-corrected chi connectivity index (χ0v) is 39.8. The maximum Gasteiger partial charge on any atom is 0.373 e. The number of nitrogens with one attached hydrogen (secondary N) is 5. The molecule has 4 atom stereocenters. The van der Waals surface area contributed by atoms with Crippen molar-refractivity contribution in [1.82, 2.24) is 20.5 Å². The summed E-state index contributed by atoms with van der Waals surface area (Å²) < 4.78 is 31.1. The highest BCUT2D eigenvalue weighted by Crippen LogP contribution is 2.67. The Labute approximate surface area is 392 Å². The fraction of sp³-hybridized carbons (Fsp3) is 0.512. The zero-order valence-electron chi connectivity index (χ0n) is 38.0. The van der Waals surface area contributed by atoms with Crippen molar-refractivity contribution in [1.29, 1.82) is 0 Å². The quantitative estimate of drug-likeness (QED) is 0.0366. The number of aromatic carboxylic acids is 1. The molecule has 0 spiro atoms. The number of carbonyl (C=O) groups is 6. The second-order valence-electron chi connectivity index (χ2n) is 16.7. The number of carboxylic acids is 1. The van der Waals surface area contributed by atoms with Crippen molar-refractivity contribution in [2.75, 3.05) is 30.4 Å². The van der Waals surface area contributed by atoms with Gasteiger partial charge < -0.3 is 66.2 Å². The van der Waals surface area contributed by atoms with E-state index >= 15 is 0 Å². The molecular formula is C43H62N7O16P2+. The van der Waals surface area contributed by atoms with Crippen molar-refractivity contribution in [2.24, 2.45) is 5.92 Å². The SMILES string of the molecule is CCCCC[C@@H]1NC(=O)[C@H](C(C)CC)NC(=O)c2cc(C(=O)NCCOCCC(=O)CCC(O)Cn3cc[n+](CC(O)(P(=O)(O)O)P(=O)(O)O)c3)ccc2NCc2ccc(C(=O)O)cc2NC1=O. The van der Waals surface area contributed by atoms with Crippen LogP contribution in [0.4, 0.5) is 11.4 Å². The van der Waals surface area contributed by atoms with Crippen molar-refractivity contribution in [2.45, 2.75) is 115 Å². The number of aromatic nitrogens is 2. The Morgan fingerprint density at radius 3 is 2.31 bits per heavy atom. The van der Waals surface area contributed by atoms with Gasteiger partial charge in [0.15, 0.2) is 0 Å². The van der Waals surface area contributed by atoms with E-state index in [1.807, 2.05) is 13.8 Å². The van der Waals surface area contributed by atoms with Crippen LogP contribution in [0.1, 0.15) is 109 Å². The Kier molecular flexibility index (Phi) is 20.1. The number of carbonyl (C=O) groups excluding carboxylic acids is 5. The minimum absolute atomic E-state index is 0.00395. The molecular weight excluding hydrogens is 932 g/mol. The van der Waals surface area contributed by atoms with Gasteiger partial charge in [-0.25, -0.2) is 13.9 Å². The van der Waals surface area contributed by atoms with E-state index in [0.717, 1.165) is 17.4 Å². The first-order valence-electron chi connectivity index (χ1n) is 22.1. The molecule has 1 aliphatic rings. The van der Waals surface area contributed by atoms with E-state index in [0.29, 0.717) is 24.8 Å². The summed E-state index contributed by atoms with van der Waals surface area (Å²) in [7, 11) is -11.4. The second kappa shape index (κ2) is 24.8. The van der Waals surface area contributed by atoms with E-state index in [1.54, 1.807) is 6.92 Å². The average Bonchev–Trinajstić information content (AvgIpc) is 3.71. The summed E-state index contributed by atoms with van der Waals surface area (Å²) in [5, 5.41) is 41.0. The standard InChI is InChI=1S/C43H61N7O16P2/c1-4-6-7-8-35-40(55)47-36-22-29(42(57)58)9-10-30(36)23-45-34-14-11-28(21-33(34)39(54)48-37(27(3)5-2)41(56)46-35)38(53)44-16-20-66-19-15-31(51)12-13-32(52)24-49-17-18-50(26-49)25-43(59,67(60,61)62)68(63,64)65/h9-11,14,17-18,21-22,26-27,32,35,37,52,59H,4-8,12-13,15-16,19-20,23-25H2,1-3H3,(H9-,44,45,46,47,48,53,54,55,56,57,58,60,61,62,63,64,65)/p+1/t27?,32?,35-,37-/m0/s1. The number of Topliss-reactive ketones (excluding diaryl/α,β-unsaturated/α-hetero) is 1. The number of carboxylic acid groups (broad SMARTS) is 1. The first-order chi connectivity index (χ1) is 32.0. The summed E-state index contributed by atoms with van der Waals surface area (Å²) in [6.07, 6.45) is 5.70. The monoisotopic (exact) mass is 994 g/mol. The first-order valence-corrected chi connectivity index (χ1v) is 25.3. The molecule has 0 radical (unpaired) electrons. The summed E-state index contributed by atoms with van der Waals surface area (Å²) in [5.74, 6) is -4.16. The molecule has 3 aromatic rings. The highest BCUT2D eigenvalue weighted by Gasteiger charge is 2.61. The first kappa shape index (κ1) is 55.2. The Bertz CT molecular complexity index is 2360. The number of unbranched alkanes of at least 4 members (excludes halogenated alkanes) is 2. The van der Waals surface area contributed by atoms with Crippen LogP contribution in [0, 0.1) is 5.92 Å². The van der Waals surface area contributed by atoms with Gasteiger partial charge in [0.25, 0.3) is 11.8 Å². The largest absolute Gasteiger partial charge is 0.478 e. The lowest BCUT2D eigenvalue weighted by atomic mass is 9.96. The maximum atomic E-state index is 14.1. The van der Waals surface area contributed by atoms with Crippen LogP contribution >= 0.6 is 15.2 Å². The van der Waals surface area contributed by atoms with Crippen LogP contribution in [0.5, 0.6) is 0 Å². The molecule has 25 heteroatoms. The van der Waals surface area contributed by atoms with Crippen LogP contribution < -0.4 is 31.2 Å². The molecule has 1 aromatic heterocycles. The molecule has 4 amide bonds. The normalized spacial score (nSPS) is 17.0. The number of aliphatic hydroxyl groups excluding tert-OH is 1. The number of benzene rings is 2. The van der Waals surface area contributed by atoms with Crippen molar-refractivity contribution < 1.29 is 82.1 Å². The van der Waals surface area contributed by atoms with E-state index in [1.165, 1.54) is 59.7 Å². The molecule has 0 bridgehead atoms.